The molecule has 1 saturated heterocycles. The van der Waals surface area contributed by atoms with Crippen LogP contribution in [0.1, 0.15) is 6.42 Å². The lowest BCUT2D eigenvalue weighted by atomic mass is 10.2. The zero-order chi connectivity index (χ0) is 14.0. The van der Waals surface area contributed by atoms with E-state index in [4.69, 9.17) is 11.6 Å². The van der Waals surface area contributed by atoms with Crippen LogP contribution in [0.15, 0.2) is 18.2 Å². The van der Waals surface area contributed by atoms with Crippen LogP contribution in [0.2, 0.25) is 5.02 Å². The summed E-state index contributed by atoms with van der Waals surface area (Å²) in [6.07, 6.45) is -0.159. The highest BCUT2D eigenvalue weighted by atomic mass is 35.5. The molecule has 0 unspecified atom stereocenters. The third kappa shape index (κ3) is 3.39. The molecule has 1 aliphatic heterocycles. The zero-order valence-corrected chi connectivity index (χ0v) is 11.0. The average molecular weight is 301 g/mol. The Hall–Kier alpha value is -1.73. The van der Waals surface area contributed by atoms with Gasteiger partial charge in [-0.05, 0) is 18.2 Å². The predicted octanol–water partition coefficient (Wildman–Crippen LogP) is 1.73. The van der Waals surface area contributed by atoms with Gasteiger partial charge in [-0.1, -0.05) is 23.4 Å². The number of benzene rings is 1. The lowest BCUT2D eigenvalue weighted by Crippen LogP contribution is -2.27. The number of imide groups is 1. The molecule has 2 rings (SSSR count). The second-order valence-corrected chi connectivity index (χ2v) is 5.41. The maximum absolute atomic E-state index is 11.7. The van der Waals surface area contributed by atoms with Crippen molar-refractivity contribution < 1.29 is 19.5 Å². The fourth-order valence-electron chi connectivity index (χ4n) is 1.51. The number of hydrogen-bond acceptors (Lipinski definition) is 5. The summed E-state index contributed by atoms with van der Waals surface area (Å²) >= 11 is 6.51. The number of thioether (sulfide) groups is 1. The van der Waals surface area contributed by atoms with Gasteiger partial charge in [0.05, 0.1) is 5.69 Å². The minimum atomic E-state index is -0.742. The van der Waals surface area contributed by atoms with Gasteiger partial charge in [0, 0.05) is 11.4 Å². The number of phenols is 1. The van der Waals surface area contributed by atoms with Crippen molar-refractivity contribution in [2.75, 3.05) is 5.32 Å². The molecule has 1 fully saturated rings. The van der Waals surface area contributed by atoms with Crippen LogP contribution in [0.25, 0.3) is 0 Å². The van der Waals surface area contributed by atoms with Crippen molar-refractivity contribution in [1.29, 1.82) is 0 Å². The Morgan fingerprint density at radius 3 is 2.84 bits per heavy atom. The first-order valence-electron chi connectivity index (χ1n) is 5.25. The number of carbonyl (C=O) groups is 3. The fraction of sp³-hybridized carbons (Fsp3) is 0.182. The molecule has 6 nitrogen and oxygen atoms in total. The van der Waals surface area contributed by atoms with E-state index in [2.05, 4.69) is 10.6 Å². The Morgan fingerprint density at radius 2 is 2.21 bits per heavy atom. The van der Waals surface area contributed by atoms with Crippen molar-refractivity contribution in [1.82, 2.24) is 5.32 Å². The first-order chi connectivity index (χ1) is 8.95. The highest BCUT2D eigenvalue weighted by Gasteiger charge is 2.33. The molecular formula is C11H9ClN2O4S. The fourth-order valence-corrected chi connectivity index (χ4v) is 2.50. The molecule has 1 aliphatic rings. The van der Waals surface area contributed by atoms with E-state index in [-0.39, 0.29) is 17.9 Å². The molecule has 0 saturated carbocycles. The Bertz CT molecular complexity index is 564. The summed E-state index contributed by atoms with van der Waals surface area (Å²) in [6.45, 7) is 0. The largest absolute Gasteiger partial charge is 0.506 e. The predicted molar refractivity (Wildman–Crippen MR) is 71.3 cm³/mol. The van der Waals surface area contributed by atoms with Gasteiger partial charge in [0.1, 0.15) is 11.0 Å². The van der Waals surface area contributed by atoms with Gasteiger partial charge in [0.15, 0.2) is 0 Å². The van der Waals surface area contributed by atoms with Crippen LogP contribution >= 0.6 is 23.4 Å². The van der Waals surface area contributed by atoms with Crippen LogP contribution < -0.4 is 10.6 Å². The van der Waals surface area contributed by atoms with E-state index < -0.39 is 22.3 Å². The number of rotatable bonds is 3. The number of hydrogen-bond donors (Lipinski definition) is 3. The van der Waals surface area contributed by atoms with Gasteiger partial charge in [-0.3, -0.25) is 19.7 Å². The van der Waals surface area contributed by atoms with Crippen LogP contribution in [-0.4, -0.2) is 27.4 Å². The van der Waals surface area contributed by atoms with Crippen molar-refractivity contribution in [3.8, 4) is 5.75 Å². The van der Waals surface area contributed by atoms with Gasteiger partial charge in [-0.2, -0.15) is 0 Å². The van der Waals surface area contributed by atoms with Crippen molar-refractivity contribution >= 4 is 46.1 Å². The summed E-state index contributed by atoms with van der Waals surface area (Å²) in [5, 5.41) is 13.2. The molecule has 0 radical (unpaired) electrons. The number of anilines is 1. The molecule has 1 aromatic rings. The maximum atomic E-state index is 11.7. The first-order valence-corrected chi connectivity index (χ1v) is 6.51. The van der Waals surface area contributed by atoms with E-state index in [1.807, 2.05) is 0 Å². The molecule has 1 aromatic carbocycles. The minimum Gasteiger partial charge on any atom is -0.506 e. The van der Waals surface area contributed by atoms with E-state index in [1.165, 1.54) is 18.2 Å². The molecule has 19 heavy (non-hydrogen) atoms. The van der Waals surface area contributed by atoms with Crippen LogP contribution in [0, 0.1) is 0 Å². The Labute approximate surface area is 117 Å². The van der Waals surface area contributed by atoms with Crippen molar-refractivity contribution in [3.63, 3.8) is 0 Å². The van der Waals surface area contributed by atoms with E-state index in [9.17, 15) is 19.5 Å². The summed E-state index contributed by atoms with van der Waals surface area (Å²) in [5.74, 6) is -1.10. The molecule has 0 spiro atoms. The van der Waals surface area contributed by atoms with Gasteiger partial charge in [-0.15, -0.1) is 0 Å². The monoisotopic (exact) mass is 300 g/mol. The standard InChI is InChI=1S/C11H9ClN2O4S/c12-5-1-2-7(15)6(3-5)13-9(16)4-8-10(17)14-11(18)19-8/h1-3,8,15H,4H2,(H,13,16)(H,14,17,18)/t8-/m1/s1. The summed E-state index contributed by atoms with van der Waals surface area (Å²) in [5.41, 5.74) is 0.159. The van der Waals surface area contributed by atoms with Gasteiger partial charge in [-0.25, -0.2) is 0 Å². The Kier molecular flexibility index (Phi) is 3.96. The summed E-state index contributed by atoms with van der Waals surface area (Å²) in [6, 6.07) is 4.21. The number of amides is 3. The number of carbonyl (C=O) groups excluding carboxylic acids is 3. The van der Waals surface area contributed by atoms with Crippen LogP contribution in [0.3, 0.4) is 0 Å². The van der Waals surface area contributed by atoms with E-state index >= 15 is 0 Å². The zero-order valence-electron chi connectivity index (χ0n) is 9.47. The van der Waals surface area contributed by atoms with Gasteiger partial charge >= 0.3 is 0 Å². The highest BCUT2D eigenvalue weighted by molar-refractivity contribution is 8.15. The van der Waals surface area contributed by atoms with Crippen LogP contribution in [0.5, 0.6) is 5.75 Å². The summed E-state index contributed by atoms with van der Waals surface area (Å²) < 4.78 is 0. The van der Waals surface area contributed by atoms with Crippen LogP contribution in [-0.2, 0) is 9.59 Å². The quantitative estimate of drug-likeness (QED) is 0.739. The summed E-state index contributed by atoms with van der Waals surface area (Å²) in [7, 11) is 0. The molecular weight excluding hydrogens is 292 g/mol. The molecule has 1 heterocycles. The molecule has 0 aromatic heterocycles. The van der Waals surface area contributed by atoms with Crippen molar-refractivity contribution in [2.45, 2.75) is 11.7 Å². The normalized spacial score (nSPS) is 18.3. The third-order valence-corrected chi connectivity index (χ3v) is 3.59. The second kappa shape index (κ2) is 5.50. The van der Waals surface area contributed by atoms with Gasteiger partial charge in [0.25, 0.3) is 5.24 Å². The molecule has 0 aliphatic carbocycles. The van der Waals surface area contributed by atoms with Gasteiger partial charge < -0.3 is 10.4 Å². The number of aromatic hydroxyl groups is 1. The SMILES string of the molecule is O=C(C[C@H]1SC(=O)NC1=O)Nc1cc(Cl)ccc1O. The molecule has 0 bridgehead atoms. The van der Waals surface area contributed by atoms with E-state index in [0.29, 0.717) is 5.02 Å². The first kappa shape index (κ1) is 13.7. The third-order valence-electron chi connectivity index (χ3n) is 2.37. The maximum Gasteiger partial charge on any atom is 0.286 e. The lowest BCUT2D eigenvalue weighted by Gasteiger charge is -2.09. The molecule has 100 valence electrons. The highest BCUT2D eigenvalue weighted by Crippen LogP contribution is 2.28. The number of nitrogens with one attached hydrogen (secondary N) is 2. The molecule has 3 amide bonds. The molecule has 1 atom stereocenters. The topological polar surface area (TPSA) is 95.5 Å². The lowest BCUT2D eigenvalue weighted by molar-refractivity contribution is -0.122. The van der Waals surface area contributed by atoms with Crippen molar-refractivity contribution in [2.24, 2.45) is 0 Å². The second-order valence-electron chi connectivity index (χ2n) is 3.80. The number of halogens is 1. The van der Waals surface area contributed by atoms with E-state index in [1.54, 1.807) is 0 Å². The van der Waals surface area contributed by atoms with E-state index in [0.717, 1.165) is 11.8 Å². The Balaban J connectivity index is 2.00. The smallest absolute Gasteiger partial charge is 0.286 e. The van der Waals surface area contributed by atoms with Crippen LogP contribution in [0.4, 0.5) is 10.5 Å². The minimum absolute atomic E-state index is 0.127. The Morgan fingerprint density at radius 1 is 1.47 bits per heavy atom. The average Bonchev–Trinajstić information content (AvgIpc) is 2.62. The molecule has 3 N–H and O–H groups in total. The van der Waals surface area contributed by atoms with Crippen molar-refractivity contribution in [3.05, 3.63) is 23.2 Å². The number of phenolic OH excluding ortho intramolecular Hbond substituents is 1. The summed E-state index contributed by atoms with van der Waals surface area (Å²) in [4.78, 5) is 33.9. The molecule has 8 heteroatoms. The van der Waals surface area contributed by atoms with Gasteiger partial charge in [0.2, 0.25) is 11.8 Å².